The summed E-state index contributed by atoms with van der Waals surface area (Å²) >= 11 is 1.58. The van der Waals surface area contributed by atoms with Crippen molar-refractivity contribution in [1.82, 2.24) is 0 Å². The topological polar surface area (TPSA) is 40.9 Å². The predicted octanol–water partition coefficient (Wildman–Crippen LogP) is 2.41. The molecule has 0 N–H and O–H groups in total. The van der Waals surface area contributed by atoms with Crippen LogP contribution in [0.5, 0.6) is 0 Å². The summed E-state index contributed by atoms with van der Waals surface area (Å²) in [5.41, 5.74) is -0.856. The van der Waals surface area contributed by atoms with Gasteiger partial charge in [0.05, 0.1) is 6.07 Å². The summed E-state index contributed by atoms with van der Waals surface area (Å²) in [5.74, 6) is -0.0663. The Bertz CT molecular complexity index is 336. The molecule has 3 heteroatoms. The van der Waals surface area contributed by atoms with E-state index in [0.717, 1.165) is 4.88 Å². The highest BCUT2D eigenvalue weighted by molar-refractivity contribution is 7.09. The Kier molecular flexibility index (Phi) is 2.84. The number of rotatable bonds is 3. The van der Waals surface area contributed by atoms with Crippen molar-refractivity contribution < 1.29 is 4.79 Å². The first kappa shape index (κ1) is 9.94. The molecule has 0 aliphatic carbocycles. The van der Waals surface area contributed by atoms with E-state index >= 15 is 0 Å². The fourth-order valence-electron chi connectivity index (χ4n) is 1.00. The van der Waals surface area contributed by atoms with E-state index in [4.69, 9.17) is 5.26 Å². The lowest BCUT2D eigenvalue weighted by Crippen LogP contribution is -2.25. The summed E-state index contributed by atoms with van der Waals surface area (Å²) in [6.45, 7) is 3.16. The van der Waals surface area contributed by atoms with E-state index in [1.54, 1.807) is 18.3 Å². The van der Waals surface area contributed by atoms with Gasteiger partial charge in [0, 0.05) is 11.3 Å². The van der Waals surface area contributed by atoms with Gasteiger partial charge in [0.2, 0.25) is 0 Å². The molecule has 2 nitrogen and oxygen atoms in total. The summed E-state index contributed by atoms with van der Waals surface area (Å²) in [7, 11) is 0. The molecule has 68 valence electrons. The van der Waals surface area contributed by atoms with Gasteiger partial charge in [-0.15, -0.1) is 11.3 Å². The van der Waals surface area contributed by atoms with E-state index in [2.05, 4.69) is 6.07 Å². The molecule has 1 unspecified atom stereocenters. The SMILES string of the molecule is CC(=O)C(C)(C#N)Cc1cccs1. The van der Waals surface area contributed by atoms with Crippen molar-refractivity contribution in [2.24, 2.45) is 5.41 Å². The van der Waals surface area contributed by atoms with Gasteiger partial charge >= 0.3 is 0 Å². The average molecular weight is 193 g/mol. The third-order valence-electron chi connectivity index (χ3n) is 2.13. The molecule has 0 aromatic carbocycles. The first-order valence-corrected chi connectivity index (χ1v) is 4.91. The molecular weight excluding hydrogens is 182 g/mol. The van der Waals surface area contributed by atoms with Gasteiger partial charge in [0.25, 0.3) is 0 Å². The normalized spacial score (nSPS) is 14.5. The van der Waals surface area contributed by atoms with Crippen molar-refractivity contribution in [3.05, 3.63) is 22.4 Å². The molecule has 0 aliphatic heterocycles. The molecule has 0 saturated heterocycles. The van der Waals surface area contributed by atoms with E-state index in [-0.39, 0.29) is 5.78 Å². The first-order valence-electron chi connectivity index (χ1n) is 4.03. The Balaban J connectivity index is 2.83. The van der Waals surface area contributed by atoms with Crippen LogP contribution in [0.1, 0.15) is 18.7 Å². The predicted molar refractivity (Wildman–Crippen MR) is 52.4 cm³/mol. The van der Waals surface area contributed by atoms with Gasteiger partial charge in [-0.1, -0.05) is 6.07 Å². The van der Waals surface area contributed by atoms with E-state index < -0.39 is 5.41 Å². The van der Waals surface area contributed by atoms with E-state index in [0.29, 0.717) is 6.42 Å². The van der Waals surface area contributed by atoms with Crippen LogP contribution in [0.3, 0.4) is 0 Å². The van der Waals surface area contributed by atoms with Crippen LogP contribution in [-0.2, 0) is 11.2 Å². The molecule has 1 atom stereocenters. The van der Waals surface area contributed by atoms with Crippen molar-refractivity contribution in [1.29, 1.82) is 5.26 Å². The molecule has 0 bridgehead atoms. The van der Waals surface area contributed by atoms with Crippen molar-refractivity contribution in [3.8, 4) is 6.07 Å². The van der Waals surface area contributed by atoms with Crippen LogP contribution in [0.25, 0.3) is 0 Å². The second-order valence-corrected chi connectivity index (χ2v) is 4.29. The minimum Gasteiger partial charge on any atom is -0.298 e. The van der Waals surface area contributed by atoms with Crippen LogP contribution in [0, 0.1) is 16.7 Å². The molecule has 1 heterocycles. The Labute approximate surface area is 81.8 Å². The molecule has 0 spiro atoms. The Morgan fingerprint density at radius 2 is 2.46 bits per heavy atom. The molecule has 0 amide bonds. The zero-order chi connectivity index (χ0) is 9.90. The second-order valence-electron chi connectivity index (χ2n) is 3.26. The first-order chi connectivity index (χ1) is 6.08. The van der Waals surface area contributed by atoms with Gasteiger partial charge in [-0.3, -0.25) is 4.79 Å². The standard InChI is InChI=1S/C10H11NOS/c1-8(12)10(2,7-11)6-9-4-3-5-13-9/h3-5H,6H2,1-2H3. The number of carbonyl (C=O) groups is 1. The monoisotopic (exact) mass is 193 g/mol. The van der Waals surface area contributed by atoms with Crippen LogP contribution < -0.4 is 0 Å². The number of nitrogens with zero attached hydrogens (tertiary/aromatic N) is 1. The summed E-state index contributed by atoms with van der Waals surface area (Å²) < 4.78 is 0. The Morgan fingerprint density at radius 1 is 1.77 bits per heavy atom. The van der Waals surface area contributed by atoms with Gasteiger partial charge in [-0.05, 0) is 25.3 Å². The lowest BCUT2D eigenvalue weighted by Gasteiger charge is -2.16. The molecule has 1 aromatic heterocycles. The van der Waals surface area contributed by atoms with E-state index in [1.165, 1.54) is 6.92 Å². The average Bonchev–Trinajstić information content (AvgIpc) is 2.56. The minimum atomic E-state index is -0.856. The maximum atomic E-state index is 11.2. The number of carbonyl (C=O) groups excluding carboxylic acids is 1. The zero-order valence-corrected chi connectivity index (χ0v) is 8.52. The highest BCUT2D eigenvalue weighted by atomic mass is 32.1. The number of hydrogen-bond donors (Lipinski definition) is 0. The maximum absolute atomic E-state index is 11.2. The quantitative estimate of drug-likeness (QED) is 0.739. The van der Waals surface area contributed by atoms with Gasteiger partial charge in [-0.2, -0.15) is 5.26 Å². The van der Waals surface area contributed by atoms with Gasteiger partial charge < -0.3 is 0 Å². The molecule has 13 heavy (non-hydrogen) atoms. The van der Waals surface area contributed by atoms with Crippen LogP contribution in [-0.4, -0.2) is 5.78 Å². The number of ketones is 1. The highest BCUT2D eigenvalue weighted by Crippen LogP contribution is 2.25. The zero-order valence-electron chi connectivity index (χ0n) is 7.70. The third-order valence-corrected chi connectivity index (χ3v) is 3.01. The van der Waals surface area contributed by atoms with Crippen molar-refractivity contribution in [2.75, 3.05) is 0 Å². The molecule has 0 fully saturated rings. The fourth-order valence-corrected chi connectivity index (χ4v) is 1.87. The molecule has 0 aliphatic rings. The lowest BCUT2D eigenvalue weighted by molar-refractivity contribution is -0.123. The number of Topliss-reactive ketones (excluding diaryl/α,β-unsaturated/α-hetero) is 1. The molecular formula is C10H11NOS. The maximum Gasteiger partial charge on any atom is 0.150 e. The largest absolute Gasteiger partial charge is 0.298 e. The molecule has 1 rings (SSSR count). The molecule has 0 radical (unpaired) electrons. The number of thiophene rings is 1. The Morgan fingerprint density at radius 3 is 2.85 bits per heavy atom. The van der Waals surface area contributed by atoms with Crippen molar-refractivity contribution >= 4 is 17.1 Å². The number of nitriles is 1. The van der Waals surface area contributed by atoms with Crippen LogP contribution in [0.15, 0.2) is 17.5 Å². The molecule has 0 saturated carbocycles. The van der Waals surface area contributed by atoms with Gasteiger partial charge in [0.1, 0.15) is 11.2 Å². The van der Waals surface area contributed by atoms with Crippen LogP contribution in [0.4, 0.5) is 0 Å². The van der Waals surface area contributed by atoms with Crippen LogP contribution >= 0.6 is 11.3 Å². The lowest BCUT2D eigenvalue weighted by atomic mass is 9.84. The Hall–Kier alpha value is -1.14. The van der Waals surface area contributed by atoms with Crippen molar-refractivity contribution in [3.63, 3.8) is 0 Å². The summed E-state index contributed by atoms with van der Waals surface area (Å²) in [6.07, 6.45) is 0.524. The van der Waals surface area contributed by atoms with E-state index in [9.17, 15) is 4.79 Å². The summed E-state index contributed by atoms with van der Waals surface area (Å²) in [6, 6.07) is 5.95. The minimum absolute atomic E-state index is 0.0663. The van der Waals surface area contributed by atoms with E-state index in [1.807, 2.05) is 17.5 Å². The smallest absolute Gasteiger partial charge is 0.150 e. The third kappa shape index (κ3) is 2.16. The highest BCUT2D eigenvalue weighted by Gasteiger charge is 2.30. The fraction of sp³-hybridized carbons (Fsp3) is 0.400. The summed E-state index contributed by atoms with van der Waals surface area (Å²) in [4.78, 5) is 12.3. The summed E-state index contributed by atoms with van der Waals surface area (Å²) in [5, 5.41) is 10.8. The van der Waals surface area contributed by atoms with Crippen molar-refractivity contribution in [2.45, 2.75) is 20.3 Å². The second kappa shape index (κ2) is 3.71. The molecule has 1 aromatic rings. The van der Waals surface area contributed by atoms with Gasteiger partial charge in [0.15, 0.2) is 0 Å². The van der Waals surface area contributed by atoms with Crippen LogP contribution in [0.2, 0.25) is 0 Å². The number of hydrogen-bond acceptors (Lipinski definition) is 3. The van der Waals surface area contributed by atoms with Gasteiger partial charge in [-0.25, -0.2) is 0 Å².